The third-order valence-corrected chi connectivity index (χ3v) is 5.54. The molecule has 0 saturated carbocycles. The zero-order valence-electron chi connectivity index (χ0n) is 28.2. The van der Waals surface area contributed by atoms with Crippen LogP contribution >= 0.6 is 0 Å². The third kappa shape index (κ3) is 15.4. The van der Waals surface area contributed by atoms with Gasteiger partial charge in [0.25, 0.3) is 0 Å². The summed E-state index contributed by atoms with van der Waals surface area (Å²) in [5.41, 5.74) is 3.54. The van der Waals surface area contributed by atoms with Gasteiger partial charge in [-0.15, -0.1) is 0 Å². The van der Waals surface area contributed by atoms with Crippen molar-refractivity contribution in [1.29, 1.82) is 0 Å². The summed E-state index contributed by atoms with van der Waals surface area (Å²) in [5, 5.41) is 9.19. The van der Waals surface area contributed by atoms with Crippen molar-refractivity contribution < 1.29 is 19.1 Å². The zero-order chi connectivity index (χ0) is 32.5. The Labute approximate surface area is 255 Å². The first-order valence-electron chi connectivity index (χ1n) is 14.7. The number of rotatable bonds is 13. The Morgan fingerprint density at radius 1 is 0.976 bits per heavy atom. The third-order valence-electron chi connectivity index (χ3n) is 5.54. The van der Waals surface area contributed by atoms with Gasteiger partial charge >= 0.3 is 5.97 Å². The molecule has 0 saturated heterocycles. The molecule has 1 aromatic rings. The molecule has 7 heteroatoms. The van der Waals surface area contributed by atoms with E-state index in [-0.39, 0.29) is 30.9 Å². The highest BCUT2D eigenvalue weighted by atomic mass is 16.6. The second-order valence-electron chi connectivity index (χ2n) is 11.9. The van der Waals surface area contributed by atoms with E-state index in [0.717, 1.165) is 16.8 Å². The molecule has 0 aromatic heterocycles. The standard InChI is InChI=1S/C32H47N3O4.C3H8/c1-12-38-30(37)32(8,9)39-28(23(2)3)21-16-24(4)22-33-29(36)15-13-14-27(34-35(10)11)25-17-19-26(20-18-25)31(5,6)7;1-3-2/h13-14,16-21H,4,12,15,22H2,1-3,5-11H3,(H,33,36);3H2,1-2H3/b14-13+,21-16-,34-27+;. The van der Waals surface area contributed by atoms with Gasteiger partial charge in [0.2, 0.25) is 5.91 Å². The molecule has 0 atom stereocenters. The van der Waals surface area contributed by atoms with Gasteiger partial charge in [0.15, 0.2) is 5.60 Å². The van der Waals surface area contributed by atoms with E-state index >= 15 is 0 Å². The van der Waals surface area contributed by atoms with Gasteiger partial charge < -0.3 is 19.8 Å². The number of carbonyl (C=O) groups excluding carboxylic acids is 2. The molecule has 0 radical (unpaired) electrons. The summed E-state index contributed by atoms with van der Waals surface area (Å²) in [7, 11) is 3.74. The van der Waals surface area contributed by atoms with Crippen molar-refractivity contribution in [2.45, 2.75) is 93.1 Å². The highest BCUT2D eigenvalue weighted by molar-refractivity contribution is 6.08. The fourth-order valence-corrected chi connectivity index (χ4v) is 3.28. The van der Waals surface area contributed by atoms with Gasteiger partial charge in [-0.3, -0.25) is 4.79 Å². The van der Waals surface area contributed by atoms with Crippen LogP contribution in [0.2, 0.25) is 0 Å². The van der Waals surface area contributed by atoms with E-state index in [1.807, 2.05) is 34.0 Å². The quantitative estimate of drug-likeness (QED) is 0.0858. The van der Waals surface area contributed by atoms with E-state index in [2.05, 4.69) is 75.9 Å². The first kappa shape index (κ1) is 38.4. The van der Waals surface area contributed by atoms with Crippen LogP contribution in [-0.2, 0) is 24.5 Å². The molecule has 0 bridgehead atoms. The first-order chi connectivity index (χ1) is 19.5. The highest BCUT2D eigenvalue weighted by Gasteiger charge is 2.32. The summed E-state index contributed by atoms with van der Waals surface area (Å²) >= 11 is 0. The molecule has 234 valence electrons. The Morgan fingerprint density at radius 2 is 1.55 bits per heavy atom. The van der Waals surface area contributed by atoms with Gasteiger partial charge in [0, 0.05) is 32.6 Å². The maximum atomic E-state index is 12.4. The lowest BCUT2D eigenvalue weighted by Crippen LogP contribution is -2.36. The van der Waals surface area contributed by atoms with E-state index in [1.54, 1.807) is 44.0 Å². The van der Waals surface area contributed by atoms with Gasteiger partial charge in [0.1, 0.15) is 5.76 Å². The van der Waals surface area contributed by atoms with Crippen LogP contribution in [0.3, 0.4) is 0 Å². The van der Waals surface area contributed by atoms with Crippen LogP contribution in [0.25, 0.3) is 0 Å². The summed E-state index contributed by atoms with van der Waals surface area (Å²) < 4.78 is 11.0. The van der Waals surface area contributed by atoms with Crippen molar-refractivity contribution in [3.8, 4) is 0 Å². The topological polar surface area (TPSA) is 80.2 Å². The molecule has 0 heterocycles. The maximum Gasteiger partial charge on any atom is 0.349 e. The van der Waals surface area contributed by atoms with E-state index in [9.17, 15) is 9.59 Å². The van der Waals surface area contributed by atoms with Crippen molar-refractivity contribution in [1.82, 2.24) is 10.3 Å². The van der Waals surface area contributed by atoms with Crippen LogP contribution in [0.5, 0.6) is 0 Å². The molecule has 1 amide bonds. The Kier molecular flexibility index (Phi) is 17.1. The van der Waals surface area contributed by atoms with Crippen LogP contribution in [0.4, 0.5) is 0 Å². The van der Waals surface area contributed by atoms with Crippen LogP contribution in [0.1, 0.15) is 93.2 Å². The lowest BCUT2D eigenvalue weighted by atomic mass is 9.86. The Balaban J connectivity index is 0.00000535. The average Bonchev–Trinajstić information content (AvgIpc) is 2.89. The Hall–Kier alpha value is -3.61. The number of esters is 1. The Morgan fingerprint density at radius 3 is 2.02 bits per heavy atom. The molecule has 42 heavy (non-hydrogen) atoms. The molecule has 1 rings (SSSR count). The SMILES string of the molecule is C=C(/C=C\C(OC(C)(C)C(=O)OCC)=C(C)C)CNC(=O)C/C=C/C(=N\N(C)C)c1ccc(C(C)(C)C)cc1.CCC. The van der Waals surface area contributed by atoms with Crippen molar-refractivity contribution in [2.24, 2.45) is 5.10 Å². The predicted octanol–water partition coefficient (Wildman–Crippen LogP) is 7.49. The number of benzene rings is 1. The van der Waals surface area contributed by atoms with Crippen molar-refractivity contribution in [3.05, 3.63) is 83.2 Å². The number of carbonyl (C=O) groups is 2. The van der Waals surface area contributed by atoms with Crippen LogP contribution < -0.4 is 5.32 Å². The minimum atomic E-state index is -1.13. The molecular formula is C35H55N3O4. The number of hydrazone groups is 1. The normalized spacial score (nSPS) is 12.0. The smallest absolute Gasteiger partial charge is 0.349 e. The molecule has 0 aliphatic rings. The van der Waals surface area contributed by atoms with E-state index < -0.39 is 11.6 Å². The second-order valence-corrected chi connectivity index (χ2v) is 11.9. The van der Waals surface area contributed by atoms with Gasteiger partial charge in [-0.2, -0.15) is 5.10 Å². The van der Waals surface area contributed by atoms with Crippen LogP contribution in [0, 0.1) is 0 Å². The number of allylic oxidation sites excluding steroid dienone is 3. The van der Waals surface area contributed by atoms with Crippen molar-refractivity contribution in [3.63, 3.8) is 0 Å². The van der Waals surface area contributed by atoms with Crippen molar-refractivity contribution in [2.75, 3.05) is 27.2 Å². The summed E-state index contributed by atoms with van der Waals surface area (Å²) in [4.78, 5) is 24.6. The zero-order valence-corrected chi connectivity index (χ0v) is 28.2. The Bertz CT molecular complexity index is 1130. The molecule has 1 N–H and O–H groups in total. The number of hydrogen-bond donors (Lipinski definition) is 1. The monoisotopic (exact) mass is 581 g/mol. The molecule has 0 aliphatic carbocycles. The average molecular weight is 582 g/mol. The fraction of sp³-hybridized carbons (Fsp3) is 0.514. The minimum Gasteiger partial charge on any atom is -0.476 e. The summed E-state index contributed by atoms with van der Waals surface area (Å²) in [6.07, 6.45) is 8.65. The fourth-order valence-electron chi connectivity index (χ4n) is 3.28. The second kappa shape index (κ2) is 18.7. The number of ether oxygens (including phenoxy) is 2. The number of nitrogens with one attached hydrogen (secondary N) is 1. The van der Waals surface area contributed by atoms with E-state index in [4.69, 9.17) is 9.47 Å². The van der Waals surface area contributed by atoms with E-state index in [1.165, 1.54) is 12.0 Å². The molecule has 0 unspecified atom stereocenters. The highest BCUT2D eigenvalue weighted by Crippen LogP contribution is 2.23. The number of nitrogens with zero attached hydrogens (tertiary/aromatic N) is 2. The summed E-state index contributed by atoms with van der Waals surface area (Å²) in [6.45, 7) is 24.2. The summed E-state index contributed by atoms with van der Waals surface area (Å²) in [5.74, 6) is -0.0149. The molecular weight excluding hydrogens is 526 g/mol. The van der Waals surface area contributed by atoms with Gasteiger partial charge in [-0.1, -0.05) is 84.0 Å². The first-order valence-corrected chi connectivity index (χ1v) is 14.7. The number of hydrogen-bond acceptors (Lipinski definition) is 6. The molecule has 1 aromatic carbocycles. The van der Waals surface area contributed by atoms with Gasteiger partial charge in [-0.25, -0.2) is 4.79 Å². The van der Waals surface area contributed by atoms with Gasteiger partial charge in [-0.05, 0) is 68.9 Å². The molecule has 0 spiro atoms. The largest absolute Gasteiger partial charge is 0.476 e. The van der Waals surface area contributed by atoms with Crippen LogP contribution in [0.15, 0.2) is 77.2 Å². The number of amides is 1. The maximum absolute atomic E-state index is 12.4. The lowest BCUT2D eigenvalue weighted by Gasteiger charge is -2.25. The summed E-state index contributed by atoms with van der Waals surface area (Å²) in [6, 6.07) is 8.34. The molecule has 7 nitrogen and oxygen atoms in total. The molecule has 0 fully saturated rings. The minimum absolute atomic E-state index is 0.0734. The van der Waals surface area contributed by atoms with E-state index in [0.29, 0.717) is 11.3 Å². The van der Waals surface area contributed by atoms with Crippen LogP contribution in [-0.4, -0.2) is 55.4 Å². The van der Waals surface area contributed by atoms with Gasteiger partial charge in [0.05, 0.1) is 12.3 Å². The predicted molar refractivity (Wildman–Crippen MR) is 177 cm³/mol. The molecule has 0 aliphatic heterocycles. The lowest BCUT2D eigenvalue weighted by molar-refractivity contribution is -0.163. The van der Waals surface area contributed by atoms with Crippen molar-refractivity contribution >= 4 is 17.6 Å².